The third-order valence-electron chi connectivity index (χ3n) is 4.72. The lowest BCUT2D eigenvalue weighted by molar-refractivity contribution is -0.170. The van der Waals surface area contributed by atoms with Gasteiger partial charge in [-0.05, 0) is 46.2 Å². The summed E-state index contributed by atoms with van der Waals surface area (Å²) in [6.45, 7) is 8.51. The zero-order valence-electron chi connectivity index (χ0n) is 19.4. The molecule has 0 bridgehead atoms. The average molecular weight is 458 g/mol. The summed E-state index contributed by atoms with van der Waals surface area (Å²) in [6.07, 6.45) is -0.853. The van der Waals surface area contributed by atoms with Gasteiger partial charge in [0.25, 0.3) is 0 Å². The summed E-state index contributed by atoms with van der Waals surface area (Å²) in [5, 5.41) is 0. The molecule has 2 rings (SSSR count). The van der Waals surface area contributed by atoms with E-state index in [0.29, 0.717) is 16.7 Å². The zero-order chi connectivity index (χ0) is 23.9. The molecule has 0 spiro atoms. The maximum absolute atomic E-state index is 12.8. The van der Waals surface area contributed by atoms with Crippen molar-refractivity contribution < 1.29 is 28.7 Å². The Bertz CT molecular complexity index is 935. The number of carbonyl (C=O) groups excluding carboxylic acids is 3. The summed E-state index contributed by atoms with van der Waals surface area (Å²) < 4.78 is 10.9. The van der Waals surface area contributed by atoms with Gasteiger partial charge in [0.2, 0.25) is 0 Å². The summed E-state index contributed by atoms with van der Waals surface area (Å²) in [6, 6.07) is 14.8. The number of esters is 2. The molecule has 0 amide bonds. The van der Waals surface area contributed by atoms with Crippen molar-refractivity contribution in [2.45, 2.75) is 65.7 Å². The third-order valence-corrected chi connectivity index (χ3v) is 4.72. The summed E-state index contributed by atoms with van der Waals surface area (Å²) in [7, 11) is 1.36. The van der Waals surface area contributed by atoms with E-state index < -0.39 is 35.6 Å². The number of ketones is 1. The molecule has 0 saturated heterocycles. The minimum Gasteiger partial charge on any atom is -0.460 e. The quantitative estimate of drug-likeness (QED) is 0.338. The number of hydroxylamine groups is 1. The second-order valence-electron chi connectivity index (χ2n) is 8.52. The fraction of sp³-hybridized carbons (Fsp3) is 0.423. The minimum atomic E-state index is -0.999. The van der Waals surface area contributed by atoms with Crippen molar-refractivity contribution in [3.63, 3.8) is 0 Å². The molecule has 180 valence electrons. The van der Waals surface area contributed by atoms with Gasteiger partial charge in [0.15, 0.2) is 11.8 Å². The Kier molecular flexibility index (Phi) is 10.4. The van der Waals surface area contributed by atoms with E-state index in [1.54, 1.807) is 83.1 Å². The molecule has 0 aliphatic heterocycles. The van der Waals surface area contributed by atoms with Gasteiger partial charge in [-0.2, -0.15) is 5.48 Å². The van der Waals surface area contributed by atoms with Crippen LogP contribution in [0.3, 0.4) is 0 Å². The Hall–Kier alpha value is -3.03. The largest absolute Gasteiger partial charge is 0.460 e. The van der Waals surface area contributed by atoms with Crippen LogP contribution in [0.15, 0.2) is 54.6 Å². The fourth-order valence-corrected chi connectivity index (χ4v) is 3.02. The highest BCUT2D eigenvalue weighted by Crippen LogP contribution is 2.21. The lowest BCUT2D eigenvalue weighted by atomic mass is 9.95. The Labute approximate surface area is 196 Å². The Morgan fingerprint density at radius 1 is 0.879 bits per heavy atom. The first kappa shape index (κ1) is 28.0. The van der Waals surface area contributed by atoms with E-state index in [0.717, 1.165) is 0 Å². The van der Waals surface area contributed by atoms with E-state index in [2.05, 4.69) is 5.48 Å². The fourth-order valence-electron chi connectivity index (χ4n) is 3.02. The Morgan fingerprint density at radius 3 is 2.06 bits per heavy atom. The molecule has 0 radical (unpaired) electrons. The van der Waals surface area contributed by atoms with Gasteiger partial charge in [-0.15, -0.1) is 0 Å². The first-order valence-corrected chi connectivity index (χ1v) is 10.4. The number of ether oxygens (including phenoxy) is 2. The van der Waals surface area contributed by atoms with Gasteiger partial charge in [-0.25, -0.2) is 0 Å². The van der Waals surface area contributed by atoms with Crippen LogP contribution in [0.25, 0.3) is 0 Å². The molecule has 0 saturated carbocycles. The summed E-state index contributed by atoms with van der Waals surface area (Å²) in [5.74, 6) is -1.91. The smallest absolute Gasteiger partial charge is 0.329 e. The second kappa shape index (κ2) is 12.3. The molecule has 2 aromatic carbocycles. The van der Waals surface area contributed by atoms with Crippen LogP contribution in [0, 0.1) is 0 Å². The Morgan fingerprint density at radius 2 is 1.48 bits per heavy atom. The second-order valence-corrected chi connectivity index (χ2v) is 8.52. The first-order valence-electron chi connectivity index (χ1n) is 10.4. The maximum atomic E-state index is 12.8. The number of carbonyl (C=O) groups is 3. The van der Waals surface area contributed by atoms with Gasteiger partial charge in [-0.3, -0.25) is 14.4 Å². The van der Waals surface area contributed by atoms with Gasteiger partial charge in [0, 0.05) is 11.1 Å². The van der Waals surface area contributed by atoms with Gasteiger partial charge >= 0.3 is 11.9 Å². The van der Waals surface area contributed by atoms with Crippen LogP contribution >= 0.6 is 0 Å². The Balaban J connectivity index is 0.00000544. The number of hydrogen-bond acceptors (Lipinski definition) is 7. The number of nitrogens with one attached hydrogen (secondary N) is 1. The predicted molar refractivity (Wildman–Crippen MR) is 127 cm³/mol. The molecular weight excluding hydrogens is 422 g/mol. The highest BCUT2D eigenvalue weighted by Gasteiger charge is 2.33. The molecule has 7 nitrogen and oxygen atoms in total. The standard InChI is InChI=1S/C25H31NO6.CH4/c1-16(19-13-10-14-20(15-19)22(27)18-11-8-7-9-12-18)23(28)31-17(2)21(26-30-6)24(29)32-25(3,4)5;/h7-17,21,26H,1-6H3;1H4/t16-,17+,21?;/m0./s1. The van der Waals surface area contributed by atoms with Gasteiger partial charge in [0.05, 0.1) is 13.0 Å². The SMILES string of the molecule is C.CONC(C(=O)OC(C)(C)C)[C@@H](C)OC(=O)[C@@H](C)c1cccc(C(=O)c2ccccc2)c1. The summed E-state index contributed by atoms with van der Waals surface area (Å²) in [5.41, 5.74) is 3.52. The molecular formula is C26H35NO6. The molecule has 3 atom stereocenters. The maximum Gasteiger partial charge on any atom is 0.329 e. The molecule has 0 heterocycles. The van der Waals surface area contributed by atoms with Crippen LogP contribution in [0.1, 0.15) is 69.4 Å². The average Bonchev–Trinajstić information content (AvgIpc) is 2.75. The monoisotopic (exact) mass is 457 g/mol. The molecule has 1 unspecified atom stereocenters. The van der Waals surface area contributed by atoms with Gasteiger partial charge in [-0.1, -0.05) is 56.0 Å². The van der Waals surface area contributed by atoms with E-state index >= 15 is 0 Å². The van der Waals surface area contributed by atoms with Crippen molar-refractivity contribution in [2.75, 3.05) is 7.11 Å². The van der Waals surface area contributed by atoms with E-state index in [1.807, 2.05) is 6.07 Å². The van der Waals surface area contributed by atoms with Crippen molar-refractivity contribution in [1.29, 1.82) is 0 Å². The lowest BCUT2D eigenvalue weighted by Crippen LogP contribution is -2.49. The van der Waals surface area contributed by atoms with Crippen molar-refractivity contribution in [3.8, 4) is 0 Å². The number of benzene rings is 2. The predicted octanol–water partition coefficient (Wildman–Crippen LogP) is 4.45. The third kappa shape index (κ3) is 8.11. The molecule has 2 aromatic rings. The molecule has 33 heavy (non-hydrogen) atoms. The van der Waals surface area contributed by atoms with Crippen molar-refractivity contribution in [2.24, 2.45) is 0 Å². The highest BCUT2D eigenvalue weighted by atomic mass is 16.6. The zero-order valence-corrected chi connectivity index (χ0v) is 19.4. The van der Waals surface area contributed by atoms with Gasteiger partial charge in [0.1, 0.15) is 11.7 Å². The lowest BCUT2D eigenvalue weighted by Gasteiger charge is -2.27. The molecule has 0 aromatic heterocycles. The van der Waals surface area contributed by atoms with Crippen LogP contribution in [0.5, 0.6) is 0 Å². The van der Waals surface area contributed by atoms with Crippen LogP contribution < -0.4 is 5.48 Å². The molecule has 0 aliphatic rings. The summed E-state index contributed by atoms with van der Waals surface area (Å²) in [4.78, 5) is 42.9. The number of hydrogen-bond donors (Lipinski definition) is 1. The number of rotatable bonds is 9. The van der Waals surface area contributed by atoms with Gasteiger partial charge < -0.3 is 14.3 Å². The minimum absolute atomic E-state index is 0. The topological polar surface area (TPSA) is 90.9 Å². The summed E-state index contributed by atoms with van der Waals surface area (Å²) >= 11 is 0. The molecule has 1 N–H and O–H groups in total. The van der Waals surface area contributed by atoms with Crippen molar-refractivity contribution in [1.82, 2.24) is 5.48 Å². The van der Waals surface area contributed by atoms with Crippen LogP contribution in [0.4, 0.5) is 0 Å². The van der Waals surface area contributed by atoms with E-state index in [-0.39, 0.29) is 13.2 Å². The molecule has 0 aliphatic carbocycles. The van der Waals surface area contributed by atoms with E-state index in [9.17, 15) is 14.4 Å². The van der Waals surface area contributed by atoms with Crippen molar-refractivity contribution >= 4 is 17.7 Å². The van der Waals surface area contributed by atoms with Crippen LogP contribution in [-0.4, -0.2) is 42.6 Å². The van der Waals surface area contributed by atoms with E-state index in [4.69, 9.17) is 14.3 Å². The van der Waals surface area contributed by atoms with Crippen LogP contribution in [0.2, 0.25) is 0 Å². The molecule has 7 heteroatoms. The first-order chi connectivity index (χ1) is 15.0. The van der Waals surface area contributed by atoms with E-state index in [1.165, 1.54) is 7.11 Å². The highest BCUT2D eigenvalue weighted by molar-refractivity contribution is 6.09. The van der Waals surface area contributed by atoms with Crippen LogP contribution in [-0.2, 0) is 23.9 Å². The normalized spacial score (nSPS) is 13.8. The van der Waals surface area contributed by atoms with Crippen molar-refractivity contribution in [3.05, 3.63) is 71.3 Å². The molecule has 0 fully saturated rings.